The summed E-state index contributed by atoms with van der Waals surface area (Å²) in [4.78, 5) is 6.55. The lowest BCUT2D eigenvalue weighted by atomic mass is 9.88. The summed E-state index contributed by atoms with van der Waals surface area (Å²) in [6.07, 6.45) is 4.88. The van der Waals surface area contributed by atoms with E-state index in [-0.39, 0.29) is 0 Å². The number of halogens is 1. The third-order valence-electron chi connectivity index (χ3n) is 4.04. The highest BCUT2D eigenvalue weighted by Crippen LogP contribution is 2.28. The lowest BCUT2D eigenvalue weighted by Crippen LogP contribution is -2.39. The highest BCUT2D eigenvalue weighted by molar-refractivity contribution is 6.31. The molecule has 0 amide bonds. The maximum Gasteiger partial charge on any atom is 0.0634 e. The molecule has 2 unspecified atom stereocenters. The summed E-state index contributed by atoms with van der Waals surface area (Å²) in [7, 11) is 0. The zero-order valence-corrected chi connectivity index (χ0v) is 10.7. The van der Waals surface area contributed by atoms with E-state index in [0.29, 0.717) is 0 Å². The Kier molecular flexibility index (Phi) is 3.32. The minimum absolute atomic E-state index is 0.791. The first kappa shape index (κ1) is 11.5. The molecule has 2 fully saturated rings. The van der Waals surface area contributed by atoms with E-state index < -0.39 is 0 Å². The standard InChI is InChI=1S/C13H18ClN3/c14-13-7-15-3-1-11(13)8-17-4-2-10-5-16-6-12(10)9-17/h1,3,7,10,12,16H,2,4-6,8-9H2. The number of hydrogen-bond donors (Lipinski definition) is 1. The smallest absolute Gasteiger partial charge is 0.0634 e. The fourth-order valence-corrected chi connectivity index (χ4v) is 3.21. The molecular weight excluding hydrogens is 234 g/mol. The molecule has 2 atom stereocenters. The van der Waals surface area contributed by atoms with E-state index in [1.54, 1.807) is 6.20 Å². The average Bonchev–Trinajstić information content (AvgIpc) is 2.79. The normalized spacial score (nSPS) is 29.2. The zero-order chi connectivity index (χ0) is 11.7. The zero-order valence-electron chi connectivity index (χ0n) is 9.90. The van der Waals surface area contributed by atoms with E-state index in [4.69, 9.17) is 11.6 Å². The molecule has 3 rings (SSSR count). The maximum atomic E-state index is 6.15. The average molecular weight is 252 g/mol. The Labute approximate surface area is 107 Å². The summed E-state index contributed by atoms with van der Waals surface area (Å²) in [5.74, 6) is 1.74. The van der Waals surface area contributed by atoms with Gasteiger partial charge in [-0.1, -0.05) is 11.6 Å². The summed E-state index contributed by atoms with van der Waals surface area (Å²) in [6, 6.07) is 2.03. The van der Waals surface area contributed by atoms with Crippen LogP contribution in [0.25, 0.3) is 0 Å². The van der Waals surface area contributed by atoms with Crippen molar-refractivity contribution >= 4 is 11.6 Å². The van der Waals surface area contributed by atoms with Gasteiger partial charge in [0.05, 0.1) is 5.02 Å². The van der Waals surface area contributed by atoms with Gasteiger partial charge in [0.25, 0.3) is 0 Å². The van der Waals surface area contributed by atoms with Crippen LogP contribution in [0, 0.1) is 11.8 Å². The van der Waals surface area contributed by atoms with Crippen molar-refractivity contribution in [2.75, 3.05) is 26.2 Å². The number of pyridine rings is 1. The molecule has 3 nitrogen and oxygen atoms in total. The number of fused-ring (bicyclic) bond motifs is 1. The van der Waals surface area contributed by atoms with E-state index in [9.17, 15) is 0 Å². The second-order valence-electron chi connectivity index (χ2n) is 5.17. The number of hydrogen-bond acceptors (Lipinski definition) is 3. The number of nitrogens with one attached hydrogen (secondary N) is 1. The van der Waals surface area contributed by atoms with Crippen LogP contribution < -0.4 is 5.32 Å². The van der Waals surface area contributed by atoms with Crippen LogP contribution in [-0.4, -0.2) is 36.1 Å². The van der Waals surface area contributed by atoms with E-state index in [2.05, 4.69) is 15.2 Å². The Balaban J connectivity index is 1.64. The van der Waals surface area contributed by atoms with Gasteiger partial charge in [-0.3, -0.25) is 9.88 Å². The number of rotatable bonds is 2. The third-order valence-corrected chi connectivity index (χ3v) is 4.38. The molecule has 0 radical (unpaired) electrons. The van der Waals surface area contributed by atoms with Crippen LogP contribution in [-0.2, 0) is 6.54 Å². The van der Waals surface area contributed by atoms with Gasteiger partial charge in [-0.05, 0) is 49.5 Å². The Bertz CT molecular complexity index is 396. The number of likely N-dealkylation sites (tertiary alicyclic amines) is 1. The fraction of sp³-hybridized carbons (Fsp3) is 0.615. The van der Waals surface area contributed by atoms with E-state index in [1.165, 1.54) is 38.2 Å². The van der Waals surface area contributed by atoms with Crippen molar-refractivity contribution in [3.05, 3.63) is 29.0 Å². The molecule has 17 heavy (non-hydrogen) atoms. The largest absolute Gasteiger partial charge is 0.316 e. The third kappa shape index (κ3) is 2.46. The summed E-state index contributed by atoms with van der Waals surface area (Å²) in [5.41, 5.74) is 1.20. The van der Waals surface area contributed by atoms with Crippen molar-refractivity contribution in [1.82, 2.24) is 15.2 Å². The number of nitrogens with zero attached hydrogens (tertiary/aromatic N) is 2. The van der Waals surface area contributed by atoms with Gasteiger partial charge in [0.1, 0.15) is 0 Å². The van der Waals surface area contributed by atoms with Crippen LogP contribution in [0.2, 0.25) is 5.02 Å². The molecule has 3 heterocycles. The van der Waals surface area contributed by atoms with Crippen molar-refractivity contribution in [2.24, 2.45) is 11.8 Å². The van der Waals surface area contributed by atoms with Crippen LogP contribution in [0.5, 0.6) is 0 Å². The molecule has 0 aliphatic carbocycles. The molecule has 0 bridgehead atoms. The van der Waals surface area contributed by atoms with Gasteiger partial charge in [-0.2, -0.15) is 0 Å². The lowest BCUT2D eigenvalue weighted by Gasteiger charge is -2.34. The highest BCUT2D eigenvalue weighted by atomic mass is 35.5. The van der Waals surface area contributed by atoms with Gasteiger partial charge in [-0.15, -0.1) is 0 Å². The Morgan fingerprint density at radius 2 is 2.29 bits per heavy atom. The van der Waals surface area contributed by atoms with E-state index in [0.717, 1.165) is 23.4 Å². The van der Waals surface area contributed by atoms with E-state index in [1.807, 2.05) is 12.3 Å². The van der Waals surface area contributed by atoms with Crippen molar-refractivity contribution in [1.29, 1.82) is 0 Å². The van der Waals surface area contributed by atoms with Crippen LogP contribution >= 0.6 is 11.6 Å². The van der Waals surface area contributed by atoms with Crippen molar-refractivity contribution < 1.29 is 0 Å². The summed E-state index contributed by atoms with van der Waals surface area (Å²) in [6.45, 7) is 5.77. The van der Waals surface area contributed by atoms with Gasteiger partial charge in [0.2, 0.25) is 0 Å². The predicted octanol–water partition coefficient (Wildman–Crippen LogP) is 1.78. The molecule has 0 aromatic carbocycles. The molecule has 2 aliphatic heterocycles. The number of piperidine rings is 1. The molecule has 0 spiro atoms. The van der Waals surface area contributed by atoms with Crippen molar-refractivity contribution in [3.8, 4) is 0 Å². The first-order valence-electron chi connectivity index (χ1n) is 6.34. The molecule has 2 aliphatic rings. The summed E-state index contributed by atoms with van der Waals surface area (Å²) >= 11 is 6.15. The van der Waals surface area contributed by atoms with Gasteiger partial charge >= 0.3 is 0 Å². The minimum Gasteiger partial charge on any atom is -0.316 e. The molecule has 0 saturated carbocycles. The highest BCUT2D eigenvalue weighted by Gasteiger charge is 2.32. The predicted molar refractivity (Wildman–Crippen MR) is 69.0 cm³/mol. The molecule has 1 aromatic heterocycles. The summed E-state index contributed by atoms with van der Waals surface area (Å²) in [5, 5.41) is 4.29. The molecular formula is C13H18ClN3. The van der Waals surface area contributed by atoms with Crippen LogP contribution in [0.1, 0.15) is 12.0 Å². The molecule has 2 saturated heterocycles. The van der Waals surface area contributed by atoms with Gasteiger partial charge in [0, 0.05) is 25.5 Å². The Hall–Kier alpha value is -0.640. The second-order valence-corrected chi connectivity index (χ2v) is 5.58. The maximum absolute atomic E-state index is 6.15. The molecule has 92 valence electrons. The van der Waals surface area contributed by atoms with Gasteiger partial charge in [0.15, 0.2) is 0 Å². The fourth-order valence-electron chi connectivity index (χ4n) is 3.03. The SMILES string of the molecule is Clc1cnccc1CN1CCC2CNCC2C1. The van der Waals surface area contributed by atoms with Crippen LogP contribution in [0.15, 0.2) is 18.5 Å². The van der Waals surface area contributed by atoms with Crippen LogP contribution in [0.3, 0.4) is 0 Å². The summed E-state index contributed by atoms with van der Waals surface area (Å²) < 4.78 is 0. The van der Waals surface area contributed by atoms with Crippen molar-refractivity contribution in [3.63, 3.8) is 0 Å². The first-order chi connectivity index (χ1) is 8.33. The quantitative estimate of drug-likeness (QED) is 0.869. The molecule has 1 aromatic rings. The first-order valence-corrected chi connectivity index (χ1v) is 6.72. The number of aromatic nitrogens is 1. The van der Waals surface area contributed by atoms with E-state index >= 15 is 0 Å². The topological polar surface area (TPSA) is 28.2 Å². The Morgan fingerprint density at radius 3 is 3.18 bits per heavy atom. The second kappa shape index (κ2) is 4.92. The molecule has 4 heteroatoms. The van der Waals surface area contributed by atoms with Crippen LogP contribution in [0.4, 0.5) is 0 Å². The molecule has 1 N–H and O–H groups in total. The monoisotopic (exact) mass is 251 g/mol. The minimum atomic E-state index is 0.791. The van der Waals surface area contributed by atoms with Crippen molar-refractivity contribution in [2.45, 2.75) is 13.0 Å². The lowest BCUT2D eigenvalue weighted by molar-refractivity contribution is 0.142. The van der Waals surface area contributed by atoms with Gasteiger partial charge in [-0.25, -0.2) is 0 Å². The Morgan fingerprint density at radius 1 is 1.41 bits per heavy atom. The van der Waals surface area contributed by atoms with Gasteiger partial charge < -0.3 is 5.32 Å².